The van der Waals surface area contributed by atoms with Crippen LogP contribution in [0.25, 0.3) is 0 Å². The minimum Gasteiger partial charge on any atom is -0.376 e. The highest BCUT2D eigenvalue weighted by Gasteiger charge is 2.53. The van der Waals surface area contributed by atoms with Crippen LogP contribution < -0.4 is 0 Å². The van der Waals surface area contributed by atoms with Gasteiger partial charge in [0.1, 0.15) is 0 Å². The number of hydrogen-bond donors (Lipinski definition) is 1. The van der Waals surface area contributed by atoms with Crippen molar-refractivity contribution in [3.63, 3.8) is 0 Å². The second-order valence-corrected chi connectivity index (χ2v) is 3.22. The zero-order chi connectivity index (χ0) is 11.5. The van der Waals surface area contributed by atoms with Crippen molar-refractivity contribution in [2.24, 2.45) is 0 Å². The Kier molecular flexibility index (Phi) is 3.19. The Labute approximate surface area is 85.9 Å². The maximum Gasteiger partial charge on any atom is 0.421 e. The first-order valence-corrected chi connectivity index (χ1v) is 4.37. The normalized spacial score (nSPS) is 15.7. The van der Waals surface area contributed by atoms with E-state index in [-0.39, 0.29) is 5.56 Å². The van der Waals surface area contributed by atoms with Crippen LogP contribution in [0.3, 0.4) is 0 Å². The van der Waals surface area contributed by atoms with Gasteiger partial charge in [0.05, 0.1) is 0 Å². The van der Waals surface area contributed by atoms with Crippen LogP contribution in [0.2, 0.25) is 0 Å². The van der Waals surface area contributed by atoms with Crippen molar-refractivity contribution >= 4 is 0 Å². The van der Waals surface area contributed by atoms with Crippen molar-refractivity contribution in [3.8, 4) is 0 Å². The van der Waals surface area contributed by atoms with E-state index in [4.69, 9.17) is 0 Å². The predicted molar refractivity (Wildman–Crippen MR) is 51.2 cm³/mol. The fraction of sp³-hybridized carbons (Fsp3) is 0.273. The van der Waals surface area contributed by atoms with E-state index in [1.54, 1.807) is 6.07 Å². The molecule has 82 valence electrons. The molecule has 0 aliphatic rings. The molecule has 0 radical (unpaired) electrons. The van der Waals surface area contributed by atoms with Crippen LogP contribution in [0.4, 0.5) is 13.2 Å². The van der Waals surface area contributed by atoms with Crippen LogP contribution >= 0.6 is 0 Å². The fourth-order valence-electron chi connectivity index (χ4n) is 1.32. The monoisotopic (exact) mass is 216 g/mol. The highest BCUT2D eigenvalue weighted by atomic mass is 19.4. The van der Waals surface area contributed by atoms with Gasteiger partial charge in [-0.1, -0.05) is 36.4 Å². The third-order valence-electron chi connectivity index (χ3n) is 2.16. The lowest BCUT2D eigenvalue weighted by Crippen LogP contribution is -2.41. The Morgan fingerprint density at radius 2 is 1.73 bits per heavy atom. The highest BCUT2D eigenvalue weighted by molar-refractivity contribution is 5.25. The lowest BCUT2D eigenvalue weighted by molar-refractivity contribution is -0.265. The van der Waals surface area contributed by atoms with Crippen molar-refractivity contribution in [3.05, 3.63) is 48.6 Å². The number of benzene rings is 1. The summed E-state index contributed by atoms with van der Waals surface area (Å²) in [5.41, 5.74) is -3.01. The zero-order valence-corrected chi connectivity index (χ0v) is 7.96. The van der Waals surface area contributed by atoms with Gasteiger partial charge >= 0.3 is 6.18 Å². The molecule has 1 aromatic rings. The van der Waals surface area contributed by atoms with Gasteiger partial charge in [0.15, 0.2) is 5.60 Å². The van der Waals surface area contributed by atoms with E-state index in [0.29, 0.717) is 0 Å². The predicted octanol–water partition coefficient (Wildman–Crippen LogP) is 3.01. The van der Waals surface area contributed by atoms with Crippen LogP contribution in [0.5, 0.6) is 0 Å². The molecule has 0 saturated heterocycles. The summed E-state index contributed by atoms with van der Waals surface area (Å²) in [6.07, 6.45) is -4.20. The SMILES string of the molecule is C=CC[C@](O)(c1ccccc1)C(F)(F)F. The molecular weight excluding hydrogens is 205 g/mol. The average molecular weight is 216 g/mol. The van der Waals surface area contributed by atoms with Crippen molar-refractivity contribution in [2.45, 2.75) is 18.2 Å². The molecule has 0 aliphatic heterocycles. The third kappa shape index (κ3) is 2.21. The van der Waals surface area contributed by atoms with Gasteiger partial charge < -0.3 is 5.11 Å². The zero-order valence-electron chi connectivity index (χ0n) is 7.96. The van der Waals surface area contributed by atoms with E-state index < -0.39 is 18.2 Å². The van der Waals surface area contributed by atoms with Gasteiger partial charge in [0.2, 0.25) is 0 Å². The summed E-state index contributed by atoms with van der Waals surface area (Å²) in [6, 6.07) is 6.99. The van der Waals surface area contributed by atoms with Crippen molar-refractivity contribution < 1.29 is 18.3 Å². The molecule has 0 bridgehead atoms. The first-order chi connectivity index (χ1) is 6.92. The van der Waals surface area contributed by atoms with Crippen LogP contribution in [0.15, 0.2) is 43.0 Å². The molecule has 4 heteroatoms. The Balaban J connectivity index is 3.18. The van der Waals surface area contributed by atoms with Gasteiger partial charge in [0.25, 0.3) is 0 Å². The summed E-state index contributed by atoms with van der Waals surface area (Å²) in [6.45, 7) is 3.22. The number of aliphatic hydroxyl groups is 1. The van der Waals surface area contributed by atoms with Gasteiger partial charge in [-0.2, -0.15) is 13.2 Å². The largest absolute Gasteiger partial charge is 0.421 e. The molecule has 1 aromatic carbocycles. The number of halogens is 3. The molecule has 0 heterocycles. The second-order valence-electron chi connectivity index (χ2n) is 3.22. The number of hydrogen-bond acceptors (Lipinski definition) is 1. The van der Waals surface area contributed by atoms with E-state index in [0.717, 1.165) is 6.08 Å². The number of rotatable bonds is 3. The van der Waals surface area contributed by atoms with E-state index >= 15 is 0 Å². The molecular formula is C11H11F3O. The maximum atomic E-state index is 12.7. The van der Waals surface area contributed by atoms with E-state index in [1.807, 2.05) is 0 Å². The van der Waals surface area contributed by atoms with Crippen molar-refractivity contribution in [1.82, 2.24) is 0 Å². The molecule has 0 amide bonds. The van der Waals surface area contributed by atoms with E-state index in [1.165, 1.54) is 24.3 Å². The molecule has 1 atom stereocenters. The Morgan fingerprint density at radius 3 is 2.13 bits per heavy atom. The minimum atomic E-state index is -4.71. The molecule has 0 aliphatic carbocycles. The molecule has 0 aromatic heterocycles. The summed E-state index contributed by atoms with van der Waals surface area (Å²) in [4.78, 5) is 0. The van der Waals surface area contributed by atoms with Crippen LogP contribution in [0, 0.1) is 0 Å². The lowest BCUT2D eigenvalue weighted by atomic mass is 9.90. The summed E-state index contributed by atoms with van der Waals surface area (Å²) < 4.78 is 38.0. The van der Waals surface area contributed by atoms with Crippen molar-refractivity contribution in [2.75, 3.05) is 0 Å². The van der Waals surface area contributed by atoms with Gasteiger partial charge in [-0.05, 0) is 5.56 Å². The third-order valence-corrected chi connectivity index (χ3v) is 2.16. The molecule has 0 unspecified atom stereocenters. The molecule has 1 rings (SSSR count). The van der Waals surface area contributed by atoms with E-state index in [2.05, 4.69) is 6.58 Å². The summed E-state index contributed by atoms with van der Waals surface area (Å²) in [5.74, 6) is 0. The van der Waals surface area contributed by atoms with Gasteiger partial charge in [0, 0.05) is 6.42 Å². The topological polar surface area (TPSA) is 20.2 Å². The first-order valence-electron chi connectivity index (χ1n) is 4.37. The number of alkyl halides is 3. The molecule has 1 nitrogen and oxygen atoms in total. The van der Waals surface area contributed by atoms with Crippen LogP contribution in [0.1, 0.15) is 12.0 Å². The Hall–Kier alpha value is -1.29. The molecule has 1 N–H and O–H groups in total. The standard InChI is InChI=1S/C11H11F3O/c1-2-8-10(15,11(12,13)14)9-6-4-3-5-7-9/h2-7,15H,1,8H2/t10-/m0/s1. The van der Waals surface area contributed by atoms with Crippen molar-refractivity contribution in [1.29, 1.82) is 0 Å². The summed E-state index contributed by atoms with van der Waals surface area (Å²) >= 11 is 0. The van der Waals surface area contributed by atoms with Gasteiger partial charge in [-0.15, -0.1) is 6.58 Å². The van der Waals surface area contributed by atoms with Crippen LogP contribution in [-0.2, 0) is 5.60 Å². The fourth-order valence-corrected chi connectivity index (χ4v) is 1.32. The second kappa shape index (κ2) is 4.06. The smallest absolute Gasteiger partial charge is 0.376 e. The lowest BCUT2D eigenvalue weighted by Gasteiger charge is -2.29. The summed E-state index contributed by atoms with van der Waals surface area (Å²) in [5, 5.41) is 9.62. The molecule has 15 heavy (non-hydrogen) atoms. The molecule has 0 saturated carbocycles. The van der Waals surface area contributed by atoms with Gasteiger partial charge in [-0.3, -0.25) is 0 Å². The van der Waals surface area contributed by atoms with E-state index in [9.17, 15) is 18.3 Å². The average Bonchev–Trinajstić information content (AvgIpc) is 2.18. The quantitative estimate of drug-likeness (QED) is 0.770. The maximum absolute atomic E-state index is 12.7. The minimum absolute atomic E-state index is 0.169. The highest BCUT2D eigenvalue weighted by Crippen LogP contribution is 2.41. The Bertz CT molecular complexity index is 331. The summed E-state index contributed by atoms with van der Waals surface area (Å²) in [7, 11) is 0. The van der Waals surface area contributed by atoms with Crippen LogP contribution in [-0.4, -0.2) is 11.3 Å². The Morgan fingerprint density at radius 1 is 1.20 bits per heavy atom. The first kappa shape index (κ1) is 11.8. The van der Waals surface area contributed by atoms with Gasteiger partial charge in [-0.25, -0.2) is 0 Å². The molecule has 0 spiro atoms. The molecule has 0 fully saturated rings.